The third kappa shape index (κ3) is 2.85. The van der Waals surface area contributed by atoms with Gasteiger partial charge in [-0.05, 0) is 59.5 Å². The highest BCUT2D eigenvalue weighted by molar-refractivity contribution is 5.94. The van der Waals surface area contributed by atoms with Crippen LogP contribution in [-0.2, 0) is 0 Å². The Morgan fingerprint density at radius 2 is 2.14 bits per heavy atom. The molecule has 3 rings (SSSR count). The maximum atomic E-state index is 12.6. The zero-order chi connectivity index (χ0) is 15.5. The molecule has 1 fully saturated rings. The molecule has 0 radical (unpaired) electrons. The predicted octanol–water partition coefficient (Wildman–Crippen LogP) is 0.719. The number of piperidine rings is 1. The Kier molecular flexibility index (Phi) is 4.15. The third-order valence-electron chi connectivity index (χ3n) is 4.43. The summed E-state index contributed by atoms with van der Waals surface area (Å²) in [6.07, 6.45) is 2.53. The van der Waals surface area contributed by atoms with E-state index >= 15 is 0 Å². The fourth-order valence-corrected chi connectivity index (χ4v) is 2.86. The van der Waals surface area contributed by atoms with E-state index in [1.807, 2.05) is 29.2 Å². The van der Waals surface area contributed by atoms with Crippen molar-refractivity contribution in [3.8, 4) is 5.69 Å². The van der Waals surface area contributed by atoms with Crippen LogP contribution >= 0.6 is 0 Å². The van der Waals surface area contributed by atoms with E-state index in [2.05, 4.69) is 22.4 Å². The normalized spacial score (nSPS) is 21.8. The van der Waals surface area contributed by atoms with E-state index in [1.165, 1.54) is 6.33 Å². The average Bonchev–Trinajstić information content (AvgIpc) is 3.09. The van der Waals surface area contributed by atoms with Crippen LogP contribution in [0.5, 0.6) is 0 Å². The van der Waals surface area contributed by atoms with E-state index in [9.17, 15) is 4.79 Å². The summed E-state index contributed by atoms with van der Waals surface area (Å²) < 4.78 is 1.56. The maximum absolute atomic E-state index is 12.6. The minimum Gasteiger partial charge on any atom is -0.338 e. The van der Waals surface area contributed by atoms with Gasteiger partial charge in [0.1, 0.15) is 6.33 Å². The van der Waals surface area contributed by atoms with E-state index in [4.69, 9.17) is 5.73 Å². The van der Waals surface area contributed by atoms with Gasteiger partial charge in [-0.15, -0.1) is 5.10 Å². The highest BCUT2D eigenvalue weighted by atomic mass is 16.2. The lowest BCUT2D eigenvalue weighted by atomic mass is 9.87. The first kappa shape index (κ1) is 14.6. The molecule has 2 heterocycles. The molecule has 7 heteroatoms. The van der Waals surface area contributed by atoms with Gasteiger partial charge in [0.15, 0.2) is 0 Å². The van der Waals surface area contributed by atoms with E-state index in [1.54, 1.807) is 4.68 Å². The standard InChI is InChI=1S/C15H20N6O/c1-11-6-7-20(9-13(11)8-16)15(22)12-2-4-14(5-3-12)21-10-17-18-19-21/h2-5,10-11,13H,6-9,16H2,1H3. The lowest BCUT2D eigenvalue weighted by Gasteiger charge is -2.36. The van der Waals surface area contributed by atoms with E-state index < -0.39 is 0 Å². The van der Waals surface area contributed by atoms with Crippen molar-refractivity contribution in [1.29, 1.82) is 0 Å². The molecule has 2 N–H and O–H groups in total. The summed E-state index contributed by atoms with van der Waals surface area (Å²) >= 11 is 0. The van der Waals surface area contributed by atoms with Crippen LogP contribution in [0.2, 0.25) is 0 Å². The molecular formula is C15H20N6O. The molecule has 0 bridgehead atoms. The fourth-order valence-electron chi connectivity index (χ4n) is 2.86. The summed E-state index contributed by atoms with van der Waals surface area (Å²) in [4.78, 5) is 14.5. The van der Waals surface area contributed by atoms with Crippen molar-refractivity contribution >= 4 is 5.91 Å². The number of nitrogens with two attached hydrogens (primary N) is 1. The first-order valence-electron chi connectivity index (χ1n) is 7.52. The van der Waals surface area contributed by atoms with Gasteiger partial charge in [-0.25, -0.2) is 4.68 Å². The van der Waals surface area contributed by atoms with Crippen molar-refractivity contribution in [2.24, 2.45) is 17.6 Å². The number of likely N-dealkylation sites (tertiary alicyclic amines) is 1. The SMILES string of the molecule is CC1CCN(C(=O)c2ccc(-n3cnnn3)cc2)CC1CN. The summed E-state index contributed by atoms with van der Waals surface area (Å²) in [6.45, 7) is 4.37. The van der Waals surface area contributed by atoms with Gasteiger partial charge < -0.3 is 10.6 Å². The van der Waals surface area contributed by atoms with Crippen molar-refractivity contribution in [3.05, 3.63) is 36.2 Å². The van der Waals surface area contributed by atoms with Crippen LogP contribution < -0.4 is 5.73 Å². The zero-order valence-electron chi connectivity index (χ0n) is 12.6. The summed E-state index contributed by atoms with van der Waals surface area (Å²) in [5.74, 6) is 1.03. The van der Waals surface area contributed by atoms with Gasteiger partial charge in [-0.2, -0.15) is 0 Å². The summed E-state index contributed by atoms with van der Waals surface area (Å²) in [6, 6.07) is 7.32. The number of hydrogen-bond acceptors (Lipinski definition) is 5. The average molecular weight is 300 g/mol. The van der Waals surface area contributed by atoms with Crippen LogP contribution in [0, 0.1) is 11.8 Å². The van der Waals surface area contributed by atoms with Gasteiger partial charge in [0.05, 0.1) is 5.69 Å². The lowest BCUT2D eigenvalue weighted by Crippen LogP contribution is -2.45. The molecule has 22 heavy (non-hydrogen) atoms. The van der Waals surface area contributed by atoms with Gasteiger partial charge in [-0.3, -0.25) is 4.79 Å². The van der Waals surface area contributed by atoms with Crippen molar-refractivity contribution in [2.45, 2.75) is 13.3 Å². The van der Waals surface area contributed by atoms with Gasteiger partial charge in [0.25, 0.3) is 5.91 Å². The molecule has 0 saturated carbocycles. The Morgan fingerprint density at radius 1 is 1.36 bits per heavy atom. The number of aromatic nitrogens is 4. The van der Waals surface area contributed by atoms with Crippen molar-refractivity contribution in [2.75, 3.05) is 19.6 Å². The molecule has 0 spiro atoms. The third-order valence-corrected chi connectivity index (χ3v) is 4.43. The van der Waals surface area contributed by atoms with Crippen LogP contribution in [0.15, 0.2) is 30.6 Å². The summed E-state index contributed by atoms with van der Waals surface area (Å²) in [5.41, 5.74) is 7.32. The highest BCUT2D eigenvalue weighted by Gasteiger charge is 2.28. The Balaban J connectivity index is 1.72. The maximum Gasteiger partial charge on any atom is 0.253 e. The van der Waals surface area contributed by atoms with Crippen molar-refractivity contribution in [3.63, 3.8) is 0 Å². The summed E-state index contributed by atoms with van der Waals surface area (Å²) in [5, 5.41) is 11.0. The van der Waals surface area contributed by atoms with Crippen LogP contribution in [0.4, 0.5) is 0 Å². The van der Waals surface area contributed by atoms with Crippen molar-refractivity contribution < 1.29 is 4.79 Å². The molecule has 2 unspecified atom stereocenters. The second-order valence-electron chi connectivity index (χ2n) is 5.81. The van der Waals surface area contributed by atoms with Crippen LogP contribution in [0.1, 0.15) is 23.7 Å². The molecule has 1 amide bonds. The predicted molar refractivity (Wildman–Crippen MR) is 81.4 cm³/mol. The number of hydrogen-bond donors (Lipinski definition) is 1. The van der Waals surface area contributed by atoms with Crippen LogP contribution in [-0.4, -0.2) is 50.6 Å². The van der Waals surface area contributed by atoms with Gasteiger partial charge in [0, 0.05) is 18.7 Å². The second-order valence-corrected chi connectivity index (χ2v) is 5.81. The van der Waals surface area contributed by atoms with Gasteiger partial charge in [-0.1, -0.05) is 6.92 Å². The molecule has 1 aliphatic rings. The topological polar surface area (TPSA) is 89.9 Å². The number of carbonyl (C=O) groups is 1. The smallest absolute Gasteiger partial charge is 0.253 e. The molecule has 0 aliphatic carbocycles. The number of nitrogens with zero attached hydrogens (tertiary/aromatic N) is 5. The molecule has 2 aromatic rings. The number of rotatable bonds is 3. The Bertz CT molecular complexity index is 624. The Morgan fingerprint density at radius 3 is 2.77 bits per heavy atom. The van der Waals surface area contributed by atoms with E-state index in [0.717, 1.165) is 25.2 Å². The summed E-state index contributed by atoms with van der Waals surface area (Å²) in [7, 11) is 0. The monoisotopic (exact) mass is 300 g/mol. The number of amides is 1. The van der Waals surface area contributed by atoms with Gasteiger partial charge in [0.2, 0.25) is 0 Å². The number of tetrazole rings is 1. The number of carbonyl (C=O) groups excluding carboxylic acids is 1. The first-order chi connectivity index (χ1) is 10.7. The van der Waals surface area contributed by atoms with Crippen LogP contribution in [0.3, 0.4) is 0 Å². The number of benzene rings is 1. The highest BCUT2D eigenvalue weighted by Crippen LogP contribution is 2.23. The Hall–Kier alpha value is -2.28. The second kappa shape index (κ2) is 6.23. The molecule has 2 atom stereocenters. The molecule has 7 nitrogen and oxygen atoms in total. The molecule has 1 aromatic carbocycles. The molecular weight excluding hydrogens is 280 g/mol. The fraction of sp³-hybridized carbons (Fsp3) is 0.467. The minimum absolute atomic E-state index is 0.0635. The van der Waals surface area contributed by atoms with Crippen LogP contribution in [0.25, 0.3) is 5.69 Å². The molecule has 1 aromatic heterocycles. The van der Waals surface area contributed by atoms with E-state index in [-0.39, 0.29) is 5.91 Å². The minimum atomic E-state index is 0.0635. The van der Waals surface area contributed by atoms with E-state index in [0.29, 0.717) is 23.9 Å². The van der Waals surface area contributed by atoms with Gasteiger partial charge >= 0.3 is 0 Å². The molecule has 1 aliphatic heterocycles. The first-order valence-corrected chi connectivity index (χ1v) is 7.52. The van der Waals surface area contributed by atoms with Crippen molar-refractivity contribution in [1.82, 2.24) is 25.1 Å². The Labute approximate surface area is 129 Å². The lowest BCUT2D eigenvalue weighted by molar-refractivity contribution is 0.0618. The molecule has 116 valence electrons. The largest absolute Gasteiger partial charge is 0.338 e. The molecule has 1 saturated heterocycles. The quantitative estimate of drug-likeness (QED) is 0.902. The zero-order valence-corrected chi connectivity index (χ0v) is 12.6.